The SMILES string of the molecule is C[Si]1(C)CC[Si](C)(C)N1C1CCC(C(=O)O)([Si](C)(C)C)C1. The first-order valence-corrected chi connectivity index (χ1v) is 18.2. The largest absolute Gasteiger partial charge is 0.481 e. The van der Waals surface area contributed by atoms with Gasteiger partial charge in [-0.3, -0.25) is 4.79 Å². The van der Waals surface area contributed by atoms with Crippen molar-refractivity contribution >= 4 is 30.5 Å². The number of carbonyl (C=O) groups is 1. The highest BCUT2D eigenvalue weighted by molar-refractivity contribution is 6.95. The Labute approximate surface area is 133 Å². The van der Waals surface area contributed by atoms with E-state index in [0.29, 0.717) is 6.04 Å². The molecule has 2 unspecified atom stereocenters. The van der Waals surface area contributed by atoms with Gasteiger partial charge in [-0.15, -0.1) is 0 Å². The maximum absolute atomic E-state index is 12.1. The molecule has 0 aromatic rings. The minimum atomic E-state index is -1.72. The third-order valence-corrected chi connectivity index (χ3v) is 20.3. The minimum Gasteiger partial charge on any atom is -0.481 e. The van der Waals surface area contributed by atoms with Crippen molar-refractivity contribution in [3.63, 3.8) is 0 Å². The predicted octanol–water partition coefficient (Wildman–Crippen LogP) is 4.43. The Balaban J connectivity index is 2.32. The van der Waals surface area contributed by atoms with Gasteiger partial charge in [0.05, 0.1) is 13.1 Å². The van der Waals surface area contributed by atoms with Crippen LogP contribution in [0.15, 0.2) is 0 Å². The molecule has 1 aliphatic carbocycles. The van der Waals surface area contributed by atoms with Gasteiger partial charge in [0.1, 0.15) is 16.5 Å². The molecule has 0 spiro atoms. The topological polar surface area (TPSA) is 40.5 Å². The van der Waals surface area contributed by atoms with E-state index in [9.17, 15) is 9.90 Å². The molecule has 0 aromatic heterocycles. The van der Waals surface area contributed by atoms with E-state index < -0.39 is 35.6 Å². The molecule has 2 atom stereocenters. The van der Waals surface area contributed by atoms with Crippen molar-refractivity contribution in [3.8, 4) is 0 Å². The summed E-state index contributed by atoms with van der Waals surface area (Å²) in [7, 11) is -4.34. The third kappa shape index (κ3) is 2.73. The molecule has 0 bridgehead atoms. The summed E-state index contributed by atoms with van der Waals surface area (Å²) in [5.41, 5.74) is 0. The Morgan fingerprint density at radius 2 is 1.62 bits per heavy atom. The van der Waals surface area contributed by atoms with Crippen LogP contribution in [-0.2, 0) is 4.79 Å². The van der Waals surface area contributed by atoms with E-state index in [4.69, 9.17) is 0 Å². The molecular weight excluding hydrogens is 310 g/mol. The van der Waals surface area contributed by atoms with Crippen molar-refractivity contribution in [2.24, 2.45) is 0 Å². The molecule has 2 rings (SSSR count). The fourth-order valence-corrected chi connectivity index (χ4v) is 22.5. The van der Waals surface area contributed by atoms with Crippen LogP contribution in [0.3, 0.4) is 0 Å². The van der Waals surface area contributed by atoms with Crippen LogP contribution in [-0.4, -0.2) is 45.9 Å². The number of carboxylic acids is 1. The van der Waals surface area contributed by atoms with Gasteiger partial charge in [0, 0.05) is 0 Å². The van der Waals surface area contributed by atoms with Crippen LogP contribution in [0, 0.1) is 0 Å². The zero-order chi connectivity index (χ0) is 16.3. The zero-order valence-electron chi connectivity index (χ0n) is 14.9. The number of hydrogen-bond acceptors (Lipinski definition) is 2. The Morgan fingerprint density at radius 3 is 1.95 bits per heavy atom. The van der Waals surface area contributed by atoms with E-state index >= 15 is 0 Å². The lowest BCUT2D eigenvalue weighted by molar-refractivity contribution is -0.140. The van der Waals surface area contributed by atoms with Crippen molar-refractivity contribution in [2.45, 2.75) is 88.3 Å². The lowest BCUT2D eigenvalue weighted by atomic mass is 10.1. The maximum Gasteiger partial charge on any atom is 0.306 e. The molecular formula is C15H33NO2Si3. The first-order chi connectivity index (χ1) is 9.33. The molecule has 1 aliphatic heterocycles. The van der Waals surface area contributed by atoms with E-state index in [1.54, 1.807) is 0 Å². The molecule has 3 nitrogen and oxygen atoms in total. The highest BCUT2D eigenvalue weighted by Gasteiger charge is 2.59. The molecule has 1 saturated heterocycles. The van der Waals surface area contributed by atoms with Gasteiger partial charge in [0.2, 0.25) is 0 Å². The second-order valence-electron chi connectivity index (χ2n) is 9.53. The van der Waals surface area contributed by atoms with E-state index in [1.807, 2.05) is 0 Å². The van der Waals surface area contributed by atoms with Crippen LogP contribution in [0.1, 0.15) is 19.3 Å². The third-order valence-electron chi connectivity index (χ3n) is 6.35. The molecule has 1 saturated carbocycles. The highest BCUT2D eigenvalue weighted by Crippen LogP contribution is 2.56. The summed E-state index contributed by atoms with van der Waals surface area (Å²) < 4.78 is 2.94. The summed E-state index contributed by atoms with van der Waals surface area (Å²) in [5, 5.41) is 9.57. The Morgan fingerprint density at radius 1 is 1.14 bits per heavy atom. The monoisotopic (exact) mass is 343 g/mol. The average molecular weight is 344 g/mol. The van der Waals surface area contributed by atoms with Gasteiger partial charge in [-0.05, 0) is 37.4 Å². The molecule has 122 valence electrons. The first-order valence-electron chi connectivity index (χ1n) is 8.36. The standard InChI is InChI=1S/C15H33NO2Si3/c1-19(2,3)15(14(17)18)9-8-13(12-15)16-20(4,5)10-11-21(16,6)7/h13H,8-12H2,1-7H3,(H,17,18). The number of hydrogen-bond donors (Lipinski definition) is 1. The van der Waals surface area contributed by atoms with E-state index in [-0.39, 0.29) is 0 Å². The van der Waals surface area contributed by atoms with Crippen LogP contribution in [0.25, 0.3) is 0 Å². The second kappa shape index (κ2) is 5.04. The summed E-state index contributed by atoms with van der Waals surface area (Å²) in [6, 6.07) is 3.38. The van der Waals surface area contributed by atoms with Crippen molar-refractivity contribution in [1.29, 1.82) is 0 Å². The van der Waals surface area contributed by atoms with Gasteiger partial charge in [-0.2, -0.15) is 0 Å². The van der Waals surface area contributed by atoms with Crippen molar-refractivity contribution in [3.05, 3.63) is 0 Å². The van der Waals surface area contributed by atoms with Gasteiger partial charge in [-0.25, -0.2) is 0 Å². The lowest BCUT2D eigenvalue weighted by Crippen LogP contribution is -2.59. The van der Waals surface area contributed by atoms with Crippen LogP contribution >= 0.6 is 0 Å². The number of nitrogens with zero attached hydrogens (tertiary/aromatic N) is 1. The Kier molecular flexibility index (Phi) is 4.19. The molecule has 6 heteroatoms. The van der Waals surface area contributed by atoms with Crippen LogP contribution in [0.5, 0.6) is 0 Å². The van der Waals surface area contributed by atoms with Gasteiger partial charge in [0.15, 0.2) is 0 Å². The van der Waals surface area contributed by atoms with Crippen LogP contribution < -0.4 is 0 Å². The molecule has 0 radical (unpaired) electrons. The molecule has 2 aliphatic rings. The predicted molar refractivity (Wildman–Crippen MR) is 97.7 cm³/mol. The molecule has 0 aromatic carbocycles. The summed E-state index contributed by atoms with van der Waals surface area (Å²) in [6.45, 7) is 16.8. The van der Waals surface area contributed by atoms with E-state index in [2.05, 4.69) is 50.1 Å². The Hall–Kier alpha value is 0.0806. The quantitative estimate of drug-likeness (QED) is 0.771. The lowest BCUT2D eigenvalue weighted by Gasteiger charge is -2.45. The van der Waals surface area contributed by atoms with E-state index in [0.717, 1.165) is 19.3 Å². The molecule has 0 amide bonds. The van der Waals surface area contributed by atoms with Gasteiger partial charge in [-0.1, -0.05) is 45.8 Å². The average Bonchev–Trinajstić information content (AvgIpc) is 2.78. The van der Waals surface area contributed by atoms with Crippen LogP contribution in [0.4, 0.5) is 0 Å². The van der Waals surface area contributed by atoms with Gasteiger partial charge >= 0.3 is 5.97 Å². The fourth-order valence-electron chi connectivity index (χ4n) is 5.10. The summed E-state index contributed by atoms with van der Waals surface area (Å²) in [5.74, 6) is -0.512. The minimum absolute atomic E-state index is 0.394. The van der Waals surface area contributed by atoms with Crippen molar-refractivity contribution in [1.82, 2.24) is 4.23 Å². The molecule has 21 heavy (non-hydrogen) atoms. The Bertz CT molecular complexity index is 429. The number of aliphatic carboxylic acids is 1. The molecule has 1 N–H and O–H groups in total. The number of carboxylic acid groups (broad SMARTS) is 1. The van der Waals surface area contributed by atoms with E-state index in [1.165, 1.54) is 12.1 Å². The fraction of sp³-hybridized carbons (Fsp3) is 0.933. The molecule has 2 fully saturated rings. The summed E-state index contributed by atoms with van der Waals surface area (Å²) in [6.07, 6.45) is 2.95. The van der Waals surface area contributed by atoms with Crippen LogP contribution in [0.2, 0.25) is 63.0 Å². The summed E-state index contributed by atoms with van der Waals surface area (Å²) in [4.78, 5) is 12.1. The molecule has 1 heterocycles. The first kappa shape index (κ1) is 17.4. The smallest absolute Gasteiger partial charge is 0.306 e. The van der Waals surface area contributed by atoms with Gasteiger partial charge < -0.3 is 9.34 Å². The highest BCUT2D eigenvalue weighted by atomic mass is 28.4. The second-order valence-corrected chi connectivity index (χ2v) is 24.6. The van der Waals surface area contributed by atoms with Crippen molar-refractivity contribution < 1.29 is 9.90 Å². The zero-order valence-corrected chi connectivity index (χ0v) is 17.9. The summed E-state index contributed by atoms with van der Waals surface area (Å²) >= 11 is 0. The number of rotatable bonds is 3. The normalized spacial score (nSPS) is 36.0. The van der Waals surface area contributed by atoms with Crippen molar-refractivity contribution in [2.75, 3.05) is 0 Å². The maximum atomic E-state index is 12.1. The van der Waals surface area contributed by atoms with Gasteiger partial charge in [0.25, 0.3) is 0 Å².